The molecule has 1 heterocycles. The van der Waals surface area contributed by atoms with E-state index in [0.717, 1.165) is 5.69 Å². The van der Waals surface area contributed by atoms with Crippen LogP contribution in [0.25, 0.3) is 0 Å². The number of halogens is 2. The van der Waals surface area contributed by atoms with Gasteiger partial charge in [0.05, 0.1) is 27.8 Å². The Morgan fingerprint density at radius 2 is 2.21 bits per heavy atom. The molecule has 0 radical (unpaired) electrons. The van der Waals surface area contributed by atoms with Crippen LogP contribution in [0.5, 0.6) is 0 Å². The molecular weight excluding hydrogens is 287 g/mol. The molecule has 100 valence electrons. The van der Waals surface area contributed by atoms with E-state index in [0.29, 0.717) is 12.2 Å². The number of aromatic nitrogens is 2. The van der Waals surface area contributed by atoms with Gasteiger partial charge in [-0.1, -0.05) is 23.2 Å². The van der Waals surface area contributed by atoms with Gasteiger partial charge < -0.3 is 11.1 Å². The number of nitrogens with one attached hydrogen (secondary N) is 1. The Hall–Kier alpha value is -1.72. The zero-order chi connectivity index (χ0) is 14.0. The van der Waals surface area contributed by atoms with Gasteiger partial charge in [-0.15, -0.1) is 0 Å². The monoisotopic (exact) mass is 298 g/mol. The van der Waals surface area contributed by atoms with E-state index in [1.54, 1.807) is 17.9 Å². The maximum absolute atomic E-state index is 12.0. The van der Waals surface area contributed by atoms with E-state index in [1.807, 2.05) is 6.07 Å². The number of nitrogen functional groups attached to an aromatic ring is 1. The molecule has 0 fully saturated rings. The van der Waals surface area contributed by atoms with Gasteiger partial charge in [-0.25, -0.2) is 0 Å². The van der Waals surface area contributed by atoms with Gasteiger partial charge in [0.2, 0.25) is 0 Å². The molecule has 2 rings (SSSR count). The number of carbonyl (C=O) groups excluding carboxylic acids is 1. The molecule has 2 aromatic rings. The number of anilines is 1. The molecule has 19 heavy (non-hydrogen) atoms. The highest BCUT2D eigenvalue weighted by Gasteiger charge is 2.14. The quantitative estimate of drug-likeness (QED) is 0.854. The first-order valence-electron chi connectivity index (χ1n) is 5.48. The minimum atomic E-state index is -0.343. The summed E-state index contributed by atoms with van der Waals surface area (Å²) in [6.07, 6.45) is 1.80. The average molecular weight is 299 g/mol. The van der Waals surface area contributed by atoms with E-state index in [9.17, 15) is 4.79 Å². The fourth-order valence-electron chi connectivity index (χ4n) is 1.60. The van der Waals surface area contributed by atoms with Crippen molar-refractivity contribution in [3.63, 3.8) is 0 Å². The Bertz CT molecular complexity index is 624. The summed E-state index contributed by atoms with van der Waals surface area (Å²) in [5.74, 6) is -0.343. The van der Waals surface area contributed by atoms with Crippen LogP contribution in [0, 0.1) is 0 Å². The maximum Gasteiger partial charge on any atom is 0.253 e. The lowest BCUT2D eigenvalue weighted by Gasteiger charge is -2.08. The molecule has 0 saturated heterocycles. The molecule has 0 aliphatic rings. The van der Waals surface area contributed by atoms with E-state index in [4.69, 9.17) is 28.9 Å². The van der Waals surface area contributed by atoms with Crippen molar-refractivity contribution in [1.82, 2.24) is 15.1 Å². The molecule has 1 amide bonds. The van der Waals surface area contributed by atoms with E-state index in [-0.39, 0.29) is 21.5 Å². The molecule has 3 N–H and O–H groups in total. The second-order valence-electron chi connectivity index (χ2n) is 4.03. The lowest BCUT2D eigenvalue weighted by molar-refractivity contribution is 0.0950. The van der Waals surface area contributed by atoms with Crippen molar-refractivity contribution in [2.45, 2.75) is 6.54 Å². The first-order chi connectivity index (χ1) is 8.97. The third-order valence-corrected chi connectivity index (χ3v) is 3.30. The summed E-state index contributed by atoms with van der Waals surface area (Å²) in [5, 5.41) is 7.31. The molecular formula is C12H12Cl2N4O. The summed E-state index contributed by atoms with van der Waals surface area (Å²) in [6, 6.07) is 4.80. The van der Waals surface area contributed by atoms with E-state index < -0.39 is 0 Å². The molecule has 7 heteroatoms. The second-order valence-corrected chi connectivity index (χ2v) is 4.81. The van der Waals surface area contributed by atoms with E-state index >= 15 is 0 Å². The minimum Gasteiger partial charge on any atom is -0.399 e. The van der Waals surface area contributed by atoms with E-state index in [1.165, 1.54) is 12.1 Å². The number of hydrogen-bond acceptors (Lipinski definition) is 3. The van der Waals surface area contributed by atoms with Crippen LogP contribution in [0.4, 0.5) is 5.69 Å². The largest absolute Gasteiger partial charge is 0.399 e. The number of rotatable bonds is 3. The van der Waals surface area contributed by atoms with Gasteiger partial charge in [0.1, 0.15) is 0 Å². The number of benzene rings is 1. The maximum atomic E-state index is 12.0. The Labute approximate surface area is 120 Å². The van der Waals surface area contributed by atoms with Gasteiger partial charge in [-0.3, -0.25) is 9.48 Å². The lowest BCUT2D eigenvalue weighted by Crippen LogP contribution is -2.23. The van der Waals surface area contributed by atoms with Crippen LogP contribution >= 0.6 is 23.2 Å². The van der Waals surface area contributed by atoms with Gasteiger partial charge in [0.15, 0.2) is 0 Å². The standard InChI is InChI=1S/C12H12Cl2N4O/c1-18-3-2-8(17-18)6-16-12(19)9-4-7(15)5-10(13)11(9)14/h2-5H,6,15H2,1H3,(H,16,19). The van der Waals surface area contributed by atoms with E-state index in [2.05, 4.69) is 10.4 Å². The summed E-state index contributed by atoms with van der Waals surface area (Å²) in [4.78, 5) is 12.0. The number of carbonyl (C=O) groups is 1. The van der Waals surface area contributed by atoms with Crippen LogP contribution in [0.1, 0.15) is 16.1 Å². The lowest BCUT2D eigenvalue weighted by atomic mass is 10.2. The highest BCUT2D eigenvalue weighted by atomic mass is 35.5. The van der Waals surface area contributed by atoms with Crippen molar-refractivity contribution in [2.24, 2.45) is 7.05 Å². The number of amides is 1. The molecule has 5 nitrogen and oxygen atoms in total. The first-order valence-corrected chi connectivity index (χ1v) is 6.24. The topological polar surface area (TPSA) is 72.9 Å². The Kier molecular flexibility index (Phi) is 3.97. The SMILES string of the molecule is Cn1ccc(CNC(=O)c2cc(N)cc(Cl)c2Cl)n1. The van der Waals surface area contributed by atoms with Crippen LogP contribution in [-0.2, 0) is 13.6 Å². The predicted octanol–water partition coefficient (Wildman–Crippen LogP) is 2.24. The highest BCUT2D eigenvalue weighted by molar-refractivity contribution is 6.44. The van der Waals surface area contributed by atoms with Crippen molar-refractivity contribution >= 4 is 34.8 Å². The normalized spacial score (nSPS) is 10.5. The van der Waals surface area contributed by atoms with Crippen molar-refractivity contribution in [2.75, 3.05) is 5.73 Å². The Balaban J connectivity index is 2.12. The van der Waals surface area contributed by atoms with Crippen molar-refractivity contribution in [1.29, 1.82) is 0 Å². The van der Waals surface area contributed by atoms with Crippen LogP contribution in [0.3, 0.4) is 0 Å². The van der Waals surface area contributed by atoms with Crippen molar-refractivity contribution in [3.8, 4) is 0 Å². The number of hydrogen-bond donors (Lipinski definition) is 2. The zero-order valence-electron chi connectivity index (χ0n) is 10.2. The zero-order valence-corrected chi connectivity index (χ0v) is 11.7. The Morgan fingerprint density at radius 1 is 1.47 bits per heavy atom. The third-order valence-electron chi connectivity index (χ3n) is 2.49. The smallest absolute Gasteiger partial charge is 0.253 e. The van der Waals surface area contributed by atoms with Crippen LogP contribution in [0.2, 0.25) is 10.0 Å². The fourth-order valence-corrected chi connectivity index (χ4v) is 2.02. The molecule has 1 aromatic heterocycles. The van der Waals surface area contributed by atoms with Crippen molar-refractivity contribution < 1.29 is 4.79 Å². The molecule has 0 aliphatic carbocycles. The fraction of sp³-hybridized carbons (Fsp3) is 0.167. The molecule has 0 unspecified atom stereocenters. The minimum absolute atomic E-state index is 0.189. The van der Waals surface area contributed by atoms with Crippen LogP contribution in [-0.4, -0.2) is 15.7 Å². The van der Waals surface area contributed by atoms with Gasteiger partial charge >= 0.3 is 0 Å². The molecule has 0 spiro atoms. The van der Waals surface area contributed by atoms with Gasteiger partial charge in [-0.05, 0) is 18.2 Å². The summed E-state index contributed by atoms with van der Waals surface area (Å²) < 4.78 is 1.66. The van der Waals surface area contributed by atoms with Crippen LogP contribution < -0.4 is 11.1 Å². The van der Waals surface area contributed by atoms with Crippen molar-refractivity contribution in [3.05, 3.63) is 45.7 Å². The van der Waals surface area contributed by atoms with Gasteiger partial charge in [-0.2, -0.15) is 5.10 Å². The van der Waals surface area contributed by atoms with Gasteiger partial charge in [0, 0.05) is 18.9 Å². The summed E-state index contributed by atoms with van der Waals surface area (Å²) in [7, 11) is 1.81. The summed E-state index contributed by atoms with van der Waals surface area (Å²) in [6.45, 7) is 0.308. The highest BCUT2D eigenvalue weighted by Crippen LogP contribution is 2.28. The second kappa shape index (κ2) is 5.50. The van der Waals surface area contributed by atoms with Crippen LogP contribution in [0.15, 0.2) is 24.4 Å². The molecule has 0 atom stereocenters. The summed E-state index contributed by atoms with van der Waals surface area (Å²) in [5.41, 5.74) is 7.03. The first kappa shape index (κ1) is 13.7. The number of nitrogens with zero attached hydrogens (tertiary/aromatic N) is 2. The third kappa shape index (κ3) is 3.19. The molecule has 0 bridgehead atoms. The average Bonchev–Trinajstić information content (AvgIpc) is 2.76. The molecule has 0 saturated carbocycles. The van der Waals surface area contributed by atoms with Gasteiger partial charge in [0.25, 0.3) is 5.91 Å². The number of aryl methyl sites for hydroxylation is 1. The number of nitrogens with two attached hydrogens (primary N) is 1. The predicted molar refractivity (Wildman–Crippen MR) is 75.3 cm³/mol. The Morgan fingerprint density at radius 3 is 2.84 bits per heavy atom. The molecule has 0 aliphatic heterocycles. The summed E-state index contributed by atoms with van der Waals surface area (Å²) >= 11 is 11.9. The molecule has 1 aromatic carbocycles.